The van der Waals surface area contributed by atoms with E-state index in [-0.39, 0.29) is 23.8 Å². The van der Waals surface area contributed by atoms with Crippen molar-refractivity contribution in [3.8, 4) is 11.1 Å². The first-order chi connectivity index (χ1) is 14.3. The highest BCUT2D eigenvalue weighted by Crippen LogP contribution is 2.51. The van der Waals surface area contributed by atoms with E-state index in [0.29, 0.717) is 19.5 Å². The van der Waals surface area contributed by atoms with Crippen molar-refractivity contribution >= 4 is 15.9 Å². The fourth-order valence-electron chi connectivity index (χ4n) is 4.64. The van der Waals surface area contributed by atoms with E-state index < -0.39 is 10.0 Å². The number of hydrogen-bond donors (Lipinski definition) is 1. The summed E-state index contributed by atoms with van der Waals surface area (Å²) in [5.74, 6) is 0.524. The van der Waals surface area contributed by atoms with Gasteiger partial charge in [0.05, 0.1) is 6.26 Å². The molecule has 1 saturated carbocycles. The molecule has 4 rings (SSSR count). The van der Waals surface area contributed by atoms with Crippen LogP contribution in [0.1, 0.15) is 42.7 Å². The molecule has 5 nitrogen and oxygen atoms in total. The van der Waals surface area contributed by atoms with E-state index in [0.717, 1.165) is 19.3 Å². The minimum atomic E-state index is -3.21. The molecule has 30 heavy (non-hydrogen) atoms. The Bertz CT molecular complexity index is 1020. The van der Waals surface area contributed by atoms with Crippen molar-refractivity contribution in [1.29, 1.82) is 0 Å². The molecule has 1 amide bonds. The average Bonchev–Trinajstić information content (AvgIpc) is 3.51. The Kier molecular flexibility index (Phi) is 5.98. The zero-order chi connectivity index (χ0) is 21.3. The van der Waals surface area contributed by atoms with Crippen molar-refractivity contribution in [1.82, 2.24) is 9.62 Å². The van der Waals surface area contributed by atoms with Crippen molar-refractivity contribution in [2.24, 2.45) is 5.92 Å². The maximum absolute atomic E-state index is 13.2. The molecule has 3 atom stereocenters. The molecule has 1 N–H and O–H groups in total. The summed E-state index contributed by atoms with van der Waals surface area (Å²) in [6.45, 7) is 3.43. The summed E-state index contributed by atoms with van der Waals surface area (Å²) in [6, 6.07) is 16.8. The number of sulfonamides is 1. The third-order valence-corrected chi connectivity index (χ3v) is 6.98. The van der Waals surface area contributed by atoms with Crippen molar-refractivity contribution in [2.75, 3.05) is 19.3 Å². The monoisotopic (exact) mass is 426 g/mol. The van der Waals surface area contributed by atoms with Gasteiger partial charge < -0.3 is 4.90 Å². The summed E-state index contributed by atoms with van der Waals surface area (Å²) in [5.41, 5.74) is 4.90. The van der Waals surface area contributed by atoms with Crippen molar-refractivity contribution in [3.63, 3.8) is 0 Å². The second kappa shape index (κ2) is 8.52. The molecule has 0 bridgehead atoms. The summed E-state index contributed by atoms with van der Waals surface area (Å²) in [4.78, 5) is 15.1. The smallest absolute Gasteiger partial charge is 0.226 e. The van der Waals surface area contributed by atoms with Gasteiger partial charge in [-0.05, 0) is 55.2 Å². The molecule has 1 heterocycles. The van der Waals surface area contributed by atoms with Crippen LogP contribution in [0.3, 0.4) is 0 Å². The van der Waals surface area contributed by atoms with E-state index in [2.05, 4.69) is 54.1 Å². The molecule has 2 fully saturated rings. The maximum Gasteiger partial charge on any atom is 0.226 e. The lowest BCUT2D eigenvalue weighted by atomic mass is 9.94. The summed E-state index contributed by atoms with van der Waals surface area (Å²) in [7, 11) is -3.21. The fraction of sp³-hybridized carbons (Fsp3) is 0.458. The first-order valence-electron chi connectivity index (χ1n) is 10.7. The molecule has 1 aliphatic heterocycles. The predicted octanol–water partition coefficient (Wildman–Crippen LogP) is 3.70. The standard InChI is InChI=1S/C24H30N2O3S/c1-17-10-11-20(21(15-17)18-7-4-3-5-8-18)22-16-23(22)24(27)26-13-6-9-19(12-14-26)25-30(2,28)29/h3-5,7-8,10-11,15,19,22-23,25H,6,9,12-14,16H2,1-2H3/t19-,22+,23-/m1/s1. The first kappa shape index (κ1) is 21.1. The average molecular weight is 427 g/mol. The van der Waals surface area contributed by atoms with Crippen molar-refractivity contribution < 1.29 is 13.2 Å². The van der Waals surface area contributed by atoms with E-state index >= 15 is 0 Å². The molecule has 2 aliphatic rings. The van der Waals surface area contributed by atoms with Crippen LogP contribution in [0, 0.1) is 12.8 Å². The van der Waals surface area contributed by atoms with Gasteiger partial charge in [0.2, 0.25) is 15.9 Å². The van der Waals surface area contributed by atoms with E-state index in [1.54, 1.807) is 0 Å². The second-order valence-electron chi connectivity index (χ2n) is 8.75. The minimum absolute atomic E-state index is 0.0367. The summed E-state index contributed by atoms with van der Waals surface area (Å²) >= 11 is 0. The SMILES string of the molecule is Cc1ccc([C@@H]2C[C@H]2C(=O)N2CCC[C@@H](NS(C)(=O)=O)CC2)c(-c2ccccc2)c1. The maximum atomic E-state index is 13.2. The lowest BCUT2D eigenvalue weighted by Gasteiger charge is -2.21. The van der Waals surface area contributed by atoms with E-state index in [4.69, 9.17) is 0 Å². The Balaban J connectivity index is 1.46. The van der Waals surface area contributed by atoms with Gasteiger partial charge in [-0.1, -0.05) is 54.1 Å². The number of aryl methyl sites for hydroxylation is 1. The van der Waals surface area contributed by atoms with Crippen LogP contribution in [-0.4, -0.2) is 44.6 Å². The van der Waals surface area contributed by atoms with Crippen LogP contribution in [0.2, 0.25) is 0 Å². The third-order valence-electron chi connectivity index (χ3n) is 6.22. The topological polar surface area (TPSA) is 66.5 Å². The van der Waals surface area contributed by atoms with Crippen LogP contribution in [0.4, 0.5) is 0 Å². The van der Waals surface area contributed by atoms with Gasteiger partial charge >= 0.3 is 0 Å². The number of likely N-dealkylation sites (tertiary alicyclic amines) is 1. The normalized spacial score (nSPS) is 24.3. The van der Waals surface area contributed by atoms with Gasteiger partial charge in [-0.15, -0.1) is 0 Å². The van der Waals surface area contributed by atoms with E-state index in [9.17, 15) is 13.2 Å². The molecule has 1 saturated heterocycles. The Hall–Kier alpha value is -2.18. The first-order valence-corrected chi connectivity index (χ1v) is 12.6. The van der Waals surface area contributed by atoms with Gasteiger partial charge in [0, 0.05) is 25.0 Å². The second-order valence-corrected chi connectivity index (χ2v) is 10.5. The molecule has 160 valence electrons. The summed E-state index contributed by atoms with van der Waals surface area (Å²) in [6.07, 6.45) is 4.37. The van der Waals surface area contributed by atoms with Crippen molar-refractivity contribution in [2.45, 2.75) is 44.6 Å². The van der Waals surface area contributed by atoms with Gasteiger partial charge in [-0.3, -0.25) is 4.79 Å². The number of nitrogens with one attached hydrogen (secondary N) is 1. The Morgan fingerprint density at radius 3 is 2.57 bits per heavy atom. The number of benzene rings is 2. The summed E-state index contributed by atoms with van der Waals surface area (Å²) in [5, 5.41) is 0. The number of carbonyl (C=O) groups is 1. The molecular formula is C24H30N2O3S. The number of amides is 1. The number of nitrogens with zero attached hydrogens (tertiary/aromatic N) is 1. The van der Waals surface area contributed by atoms with Crippen LogP contribution in [-0.2, 0) is 14.8 Å². The van der Waals surface area contributed by atoms with E-state index in [1.807, 2.05) is 11.0 Å². The largest absolute Gasteiger partial charge is 0.342 e. The van der Waals surface area contributed by atoms with Gasteiger partial charge in [-0.25, -0.2) is 13.1 Å². The third kappa shape index (κ3) is 4.93. The minimum Gasteiger partial charge on any atom is -0.342 e. The highest BCUT2D eigenvalue weighted by atomic mass is 32.2. The van der Waals surface area contributed by atoms with Crippen LogP contribution in [0.25, 0.3) is 11.1 Å². The lowest BCUT2D eigenvalue weighted by Crippen LogP contribution is -2.36. The highest BCUT2D eigenvalue weighted by Gasteiger charge is 2.46. The Labute approximate surface area is 179 Å². The van der Waals surface area contributed by atoms with Gasteiger partial charge in [0.15, 0.2) is 0 Å². The van der Waals surface area contributed by atoms with Crippen LogP contribution >= 0.6 is 0 Å². The highest BCUT2D eigenvalue weighted by molar-refractivity contribution is 7.88. The molecule has 2 aromatic rings. The fourth-order valence-corrected chi connectivity index (χ4v) is 5.49. The predicted molar refractivity (Wildman–Crippen MR) is 120 cm³/mol. The molecule has 6 heteroatoms. The van der Waals surface area contributed by atoms with Gasteiger partial charge in [-0.2, -0.15) is 0 Å². The number of carbonyl (C=O) groups excluding carboxylic acids is 1. The number of rotatable bonds is 5. The van der Waals surface area contributed by atoms with Gasteiger partial charge in [0.25, 0.3) is 0 Å². The molecule has 0 spiro atoms. The number of hydrogen-bond acceptors (Lipinski definition) is 3. The quantitative estimate of drug-likeness (QED) is 0.793. The van der Waals surface area contributed by atoms with Gasteiger partial charge in [0.1, 0.15) is 0 Å². The Morgan fingerprint density at radius 1 is 1.07 bits per heavy atom. The molecule has 0 radical (unpaired) electrons. The summed E-state index contributed by atoms with van der Waals surface area (Å²) < 4.78 is 25.8. The zero-order valence-corrected chi connectivity index (χ0v) is 18.5. The van der Waals surface area contributed by atoms with Crippen LogP contribution in [0.5, 0.6) is 0 Å². The molecule has 2 aromatic carbocycles. The Morgan fingerprint density at radius 2 is 1.83 bits per heavy atom. The molecular weight excluding hydrogens is 396 g/mol. The molecule has 0 aromatic heterocycles. The molecule has 1 aliphatic carbocycles. The van der Waals surface area contributed by atoms with E-state index in [1.165, 1.54) is 28.5 Å². The lowest BCUT2D eigenvalue weighted by molar-refractivity contribution is -0.132. The molecule has 0 unspecified atom stereocenters. The van der Waals surface area contributed by atoms with Crippen LogP contribution in [0.15, 0.2) is 48.5 Å². The van der Waals surface area contributed by atoms with Crippen LogP contribution < -0.4 is 4.72 Å². The zero-order valence-electron chi connectivity index (χ0n) is 17.7. The van der Waals surface area contributed by atoms with Crippen molar-refractivity contribution in [3.05, 3.63) is 59.7 Å².